The Hall–Kier alpha value is -2.34. The van der Waals surface area contributed by atoms with Gasteiger partial charge in [-0.1, -0.05) is 12.1 Å². The predicted octanol–water partition coefficient (Wildman–Crippen LogP) is 3.39. The topological polar surface area (TPSA) is 58.8 Å². The van der Waals surface area contributed by atoms with Crippen molar-refractivity contribution in [2.45, 2.75) is 33.4 Å². The molecule has 2 rings (SSSR count). The van der Waals surface area contributed by atoms with E-state index in [1.165, 1.54) is 6.07 Å². The monoisotopic (exact) mass is 347 g/mol. The maximum atomic E-state index is 13.3. The van der Waals surface area contributed by atoms with Crippen molar-refractivity contribution in [1.29, 1.82) is 0 Å². The number of halogens is 1. The molecule has 0 aliphatic heterocycles. The molecule has 0 amide bonds. The van der Waals surface area contributed by atoms with E-state index in [2.05, 4.69) is 15.6 Å². The Bertz CT molecular complexity index is 657. The quantitative estimate of drug-likeness (QED) is 0.415. The van der Waals surface area contributed by atoms with Crippen LogP contribution in [0.3, 0.4) is 0 Å². The van der Waals surface area contributed by atoms with Crippen molar-refractivity contribution in [3.8, 4) is 0 Å². The van der Waals surface area contributed by atoms with Gasteiger partial charge < -0.3 is 19.8 Å². The number of guanidine groups is 1. The molecule has 0 fully saturated rings. The standard InChI is InChI=1S/C19H26FN3O2/c1-3-21-19(23-13-16-7-8-18(20)15(2)12-16)22-9-5-10-24-14-17-6-4-11-25-17/h4,6-8,11-12H,3,5,9-10,13-14H2,1-2H3,(H2,21,22,23). The Labute approximate surface area is 148 Å². The van der Waals surface area contributed by atoms with Crippen LogP contribution in [0.25, 0.3) is 0 Å². The van der Waals surface area contributed by atoms with Crippen LogP contribution in [0.1, 0.15) is 30.2 Å². The molecule has 0 saturated heterocycles. The highest BCUT2D eigenvalue weighted by molar-refractivity contribution is 5.79. The normalized spacial score (nSPS) is 11.6. The van der Waals surface area contributed by atoms with Gasteiger partial charge in [0.2, 0.25) is 0 Å². The fourth-order valence-electron chi connectivity index (χ4n) is 2.27. The minimum Gasteiger partial charge on any atom is -0.467 e. The summed E-state index contributed by atoms with van der Waals surface area (Å²) < 4.78 is 24.0. The number of nitrogens with zero attached hydrogens (tertiary/aromatic N) is 1. The number of aliphatic imine (C=N–C) groups is 1. The number of furan rings is 1. The molecule has 0 aliphatic carbocycles. The molecule has 1 aromatic carbocycles. The lowest BCUT2D eigenvalue weighted by molar-refractivity contribution is 0.105. The van der Waals surface area contributed by atoms with Gasteiger partial charge in [0.25, 0.3) is 0 Å². The molecule has 136 valence electrons. The highest BCUT2D eigenvalue weighted by Gasteiger charge is 2.01. The summed E-state index contributed by atoms with van der Waals surface area (Å²) in [6.45, 7) is 6.96. The number of ether oxygens (including phenoxy) is 1. The van der Waals surface area contributed by atoms with Gasteiger partial charge >= 0.3 is 0 Å². The molecule has 0 spiro atoms. The molecule has 1 heterocycles. The van der Waals surface area contributed by atoms with Gasteiger partial charge in [0.05, 0.1) is 12.8 Å². The minimum absolute atomic E-state index is 0.188. The first-order chi connectivity index (χ1) is 12.2. The molecule has 0 saturated carbocycles. The highest BCUT2D eigenvalue weighted by atomic mass is 19.1. The number of nitrogens with one attached hydrogen (secondary N) is 2. The zero-order chi connectivity index (χ0) is 17.9. The third-order valence-electron chi connectivity index (χ3n) is 3.57. The van der Waals surface area contributed by atoms with Crippen LogP contribution in [0, 0.1) is 12.7 Å². The molecule has 25 heavy (non-hydrogen) atoms. The zero-order valence-electron chi connectivity index (χ0n) is 14.8. The number of aryl methyl sites for hydroxylation is 1. The van der Waals surface area contributed by atoms with Gasteiger partial charge in [-0.3, -0.25) is 0 Å². The summed E-state index contributed by atoms with van der Waals surface area (Å²) in [4.78, 5) is 4.53. The summed E-state index contributed by atoms with van der Waals surface area (Å²) in [6, 6.07) is 8.81. The molecule has 0 unspecified atom stereocenters. The van der Waals surface area contributed by atoms with E-state index in [1.807, 2.05) is 25.1 Å². The number of rotatable bonds is 9. The van der Waals surface area contributed by atoms with Gasteiger partial charge in [0, 0.05) is 19.7 Å². The molecule has 1 aromatic heterocycles. The van der Waals surface area contributed by atoms with Crippen LogP contribution in [0.2, 0.25) is 0 Å². The first kappa shape index (κ1) is 19.0. The van der Waals surface area contributed by atoms with Crippen molar-refractivity contribution < 1.29 is 13.5 Å². The third kappa shape index (κ3) is 6.97. The predicted molar refractivity (Wildman–Crippen MR) is 96.9 cm³/mol. The van der Waals surface area contributed by atoms with E-state index < -0.39 is 0 Å². The number of hydrogen-bond acceptors (Lipinski definition) is 3. The summed E-state index contributed by atoms with van der Waals surface area (Å²) in [5.41, 5.74) is 1.62. The lowest BCUT2D eigenvalue weighted by Gasteiger charge is -2.11. The van der Waals surface area contributed by atoms with Gasteiger partial charge in [-0.05, 0) is 49.6 Å². The van der Waals surface area contributed by atoms with E-state index in [4.69, 9.17) is 9.15 Å². The maximum absolute atomic E-state index is 13.3. The fourth-order valence-corrected chi connectivity index (χ4v) is 2.27. The second kappa shape index (κ2) is 10.5. The Kier molecular flexibility index (Phi) is 7.98. The molecular weight excluding hydrogens is 321 g/mol. The SMILES string of the molecule is CCNC(=NCc1ccc(F)c(C)c1)NCCCOCc1ccco1. The zero-order valence-corrected chi connectivity index (χ0v) is 14.8. The fraction of sp³-hybridized carbons (Fsp3) is 0.421. The molecule has 0 aliphatic rings. The summed E-state index contributed by atoms with van der Waals surface area (Å²) in [7, 11) is 0. The molecular formula is C19H26FN3O2. The van der Waals surface area contributed by atoms with E-state index >= 15 is 0 Å². The van der Waals surface area contributed by atoms with Gasteiger partial charge in [-0.15, -0.1) is 0 Å². The van der Waals surface area contributed by atoms with Gasteiger partial charge in [0.1, 0.15) is 18.2 Å². The van der Waals surface area contributed by atoms with Crippen molar-refractivity contribution in [2.24, 2.45) is 4.99 Å². The van der Waals surface area contributed by atoms with Crippen LogP contribution in [-0.2, 0) is 17.9 Å². The summed E-state index contributed by atoms with van der Waals surface area (Å²) in [5, 5.41) is 6.47. The van der Waals surface area contributed by atoms with Crippen LogP contribution in [-0.4, -0.2) is 25.7 Å². The molecule has 0 bridgehead atoms. The molecule has 0 radical (unpaired) electrons. The first-order valence-electron chi connectivity index (χ1n) is 8.56. The van der Waals surface area contributed by atoms with Gasteiger partial charge in [-0.25, -0.2) is 9.38 Å². The average Bonchev–Trinajstić information content (AvgIpc) is 3.12. The van der Waals surface area contributed by atoms with Crippen molar-refractivity contribution in [1.82, 2.24) is 10.6 Å². The first-order valence-corrected chi connectivity index (χ1v) is 8.56. The third-order valence-corrected chi connectivity index (χ3v) is 3.57. The summed E-state index contributed by atoms with van der Waals surface area (Å²) in [6.07, 6.45) is 2.50. The van der Waals surface area contributed by atoms with Gasteiger partial charge in [0.15, 0.2) is 5.96 Å². The largest absolute Gasteiger partial charge is 0.467 e. The Morgan fingerprint density at radius 3 is 2.88 bits per heavy atom. The lowest BCUT2D eigenvalue weighted by atomic mass is 10.1. The van der Waals surface area contributed by atoms with Crippen molar-refractivity contribution in [3.63, 3.8) is 0 Å². The summed E-state index contributed by atoms with van der Waals surface area (Å²) in [5.74, 6) is 1.39. The molecule has 2 N–H and O–H groups in total. The smallest absolute Gasteiger partial charge is 0.191 e. The van der Waals surface area contributed by atoms with Crippen LogP contribution < -0.4 is 10.6 Å². The average molecular weight is 347 g/mol. The highest BCUT2D eigenvalue weighted by Crippen LogP contribution is 2.10. The number of benzene rings is 1. The van der Waals surface area contributed by atoms with E-state index in [9.17, 15) is 4.39 Å². The van der Waals surface area contributed by atoms with E-state index in [-0.39, 0.29) is 5.82 Å². The molecule has 2 aromatic rings. The van der Waals surface area contributed by atoms with Gasteiger partial charge in [-0.2, -0.15) is 0 Å². The van der Waals surface area contributed by atoms with Crippen molar-refractivity contribution in [3.05, 3.63) is 59.3 Å². The Balaban J connectivity index is 1.70. The maximum Gasteiger partial charge on any atom is 0.191 e. The van der Waals surface area contributed by atoms with E-state index in [0.717, 1.165) is 36.8 Å². The van der Waals surface area contributed by atoms with E-state index in [1.54, 1.807) is 19.3 Å². The molecule has 6 heteroatoms. The van der Waals surface area contributed by atoms with Crippen LogP contribution in [0.15, 0.2) is 46.0 Å². The number of hydrogen-bond donors (Lipinski definition) is 2. The molecule has 0 atom stereocenters. The van der Waals surface area contributed by atoms with Crippen LogP contribution in [0.5, 0.6) is 0 Å². The molecule has 5 nitrogen and oxygen atoms in total. The van der Waals surface area contributed by atoms with E-state index in [0.29, 0.717) is 25.3 Å². The second-order valence-electron chi connectivity index (χ2n) is 5.69. The summed E-state index contributed by atoms with van der Waals surface area (Å²) >= 11 is 0. The Morgan fingerprint density at radius 1 is 1.28 bits per heavy atom. The van der Waals surface area contributed by atoms with Crippen LogP contribution >= 0.6 is 0 Å². The second-order valence-corrected chi connectivity index (χ2v) is 5.69. The Morgan fingerprint density at radius 2 is 2.16 bits per heavy atom. The van der Waals surface area contributed by atoms with Crippen molar-refractivity contribution in [2.75, 3.05) is 19.7 Å². The lowest BCUT2D eigenvalue weighted by Crippen LogP contribution is -2.38. The minimum atomic E-state index is -0.188. The van der Waals surface area contributed by atoms with Crippen molar-refractivity contribution >= 4 is 5.96 Å². The van der Waals surface area contributed by atoms with Crippen LogP contribution in [0.4, 0.5) is 4.39 Å².